The maximum atomic E-state index is 13.1. The highest BCUT2D eigenvalue weighted by Gasteiger charge is 2.12. The Kier molecular flexibility index (Phi) is 8.03. The van der Waals surface area contributed by atoms with E-state index in [4.69, 9.17) is 21.1 Å². The summed E-state index contributed by atoms with van der Waals surface area (Å²) in [6.07, 6.45) is 1.50. The molecule has 0 aliphatic rings. The van der Waals surface area contributed by atoms with E-state index in [-0.39, 0.29) is 18.3 Å². The van der Waals surface area contributed by atoms with Crippen LogP contribution in [0.25, 0.3) is 0 Å². The first-order chi connectivity index (χ1) is 15.0. The molecule has 0 fully saturated rings. The largest absolute Gasteiger partial charge is 0.490 e. The minimum Gasteiger partial charge on any atom is -0.490 e. The van der Waals surface area contributed by atoms with Crippen molar-refractivity contribution in [2.45, 2.75) is 13.5 Å². The van der Waals surface area contributed by atoms with Crippen LogP contribution in [-0.2, 0) is 6.61 Å². The van der Waals surface area contributed by atoms with E-state index in [0.717, 1.165) is 5.56 Å². The molecule has 0 aliphatic heterocycles. The van der Waals surface area contributed by atoms with Gasteiger partial charge in [0.05, 0.1) is 17.3 Å². The lowest BCUT2D eigenvalue weighted by atomic mass is 10.2. The average Bonchev–Trinajstić information content (AvgIpc) is 2.75. The summed E-state index contributed by atoms with van der Waals surface area (Å²) in [5, 5.41) is 4.55. The molecule has 0 aliphatic carbocycles. The van der Waals surface area contributed by atoms with Gasteiger partial charge in [0, 0.05) is 10.6 Å². The Morgan fingerprint density at radius 2 is 1.84 bits per heavy atom. The summed E-state index contributed by atoms with van der Waals surface area (Å²) in [6, 6.07) is 16.1. The Hall–Kier alpha value is -2.90. The number of carbonyl (C=O) groups is 1. The van der Waals surface area contributed by atoms with Crippen LogP contribution >= 0.6 is 27.5 Å². The summed E-state index contributed by atoms with van der Waals surface area (Å²) in [5.41, 5.74) is 4.44. The predicted octanol–water partition coefficient (Wildman–Crippen LogP) is 5.98. The maximum Gasteiger partial charge on any atom is 0.271 e. The second-order valence-electron chi connectivity index (χ2n) is 6.38. The van der Waals surface area contributed by atoms with Crippen molar-refractivity contribution in [2.24, 2.45) is 5.10 Å². The van der Waals surface area contributed by atoms with E-state index in [0.29, 0.717) is 38.7 Å². The van der Waals surface area contributed by atoms with Crippen LogP contribution in [0.1, 0.15) is 28.4 Å². The third kappa shape index (κ3) is 6.54. The molecule has 160 valence electrons. The standard InChI is InChI=1S/C23H19BrClFN2O3/c1-2-30-21-12-16(13-27-28-23(29)17-5-7-18(25)8-6-17)11-20(24)22(21)31-14-15-3-9-19(26)10-4-15/h3-13H,2,14H2,1H3,(H,28,29)/b27-13-. The summed E-state index contributed by atoms with van der Waals surface area (Å²) < 4.78 is 25.3. The van der Waals surface area contributed by atoms with Gasteiger partial charge in [-0.1, -0.05) is 23.7 Å². The molecule has 0 saturated carbocycles. The van der Waals surface area contributed by atoms with Crippen LogP contribution < -0.4 is 14.9 Å². The number of nitrogens with zero attached hydrogens (tertiary/aromatic N) is 1. The van der Waals surface area contributed by atoms with Gasteiger partial charge < -0.3 is 9.47 Å². The number of carbonyl (C=O) groups excluding carboxylic acids is 1. The number of nitrogens with one attached hydrogen (secondary N) is 1. The minimum absolute atomic E-state index is 0.254. The number of benzene rings is 3. The molecule has 0 bridgehead atoms. The number of hydrogen-bond acceptors (Lipinski definition) is 4. The molecule has 1 N–H and O–H groups in total. The fourth-order valence-electron chi connectivity index (χ4n) is 2.63. The van der Waals surface area contributed by atoms with Crippen LogP contribution in [0, 0.1) is 5.82 Å². The van der Waals surface area contributed by atoms with E-state index in [1.54, 1.807) is 48.5 Å². The van der Waals surface area contributed by atoms with Crippen LogP contribution in [0.4, 0.5) is 4.39 Å². The summed E-state index contributed by atoms with van der Waals surface area (Å²) in [4.78, 5) is 12.1. The van der Waals surface area contributed by atoms with Gasteiger partial charge in [0.2, 0.25) is 0 Å². The first-order valence-corrected chi connectivity index (χ1v) is 10.6. The zero-order valence-corrected chi connectivity index (χ0v) is 18.9. The highest BCUT2D eigenvalue weighted by molar-refractivity contribution is 9.10. The Morgan fingerprint density at radius 3 is 2.52 bits per heavy atom. The number of amides is 1. The van der Waals surface area contributed by atoms with Gasteiger partial charge in [-0.2, -0.15) is 5.10 Å². The Morgan fingerprint density at radius 1 is 1.13 bits per heavy atom. The SMILES string of the molecule is CCOc1cc(/C=N\NC(=O)c2ccc(Cl)cc2)cc(Br)c1OCc1ccc(F)cc1. The third-order valence-electron chi connectivity index (χ3n) is 4.11. The van der Waals surface area contributed by atoms with Crippen LogP contribution in [0.5, 0.6) is 11.5 Å². The van der Waals surface area contributed by atoms with E-state index in [9.17, 15) is 9.18 Å². The molecule has 5 nitrogen and oxygen atoms in total. The number of hydrazone groups is 1. The van der Waals surface area contributed by atoms with Crippen molar-refractivity contribution in [1.29, 1.82) is 0 Å². The normalized spacial score (nSPS) is 10.8. The van der Waals surface area contributed by atoms with Gasteiger partial charge >= 0.3 is 0 Å². The molecule has 0 saturated heterocycles. The van der Waals surface area contributed by atoms with Crippen LogP contribution in [0.15, 0.2) is 70.2 Å². The molecular formula is C23H19BrClFN2O3. The van der Waals surface area contributed by atoms with Gasteiger partial charge in [0.1, 0.15) is 12.4 Å². The number of rotatable bonds is 8. The predicted molar refractivity (Wildman–Crippen MR) is 123 cm³/mol. The first-order valence-electron chi connectivity index (χ1n) is 9.39. The molecule has 0 unspecified atom stereocenters. The highest BCUT2D eigenvalue weighted by atomic mass is 79.9. The Labute approximate surface area is 193 Å². The van der Waals surface area contributed by atoms with Gasteiger partial charge in [-0.25, -0.2) is 9.82 Å². The summed E-state index contributed by atoms with van der Waals surface area (Å²) in [5.74, 6) is 0.390. The number of ether oxygens (including phenoxy) is 2. The molecule has 1 amide bonds. The van der Waals surface area contributed by atoms with E-state index in [1.807, 2.05) is 6.92 Å². The summed E-state index contributed by atoms with van der Waals surface area (Å²) >= 11 is 9.32. The molecule has 8 heteroatoms. The molecule has 3 aromatic rings. The lowest BCUT2D eigenvalue weighted by molar-refractivity contribution is 0.0955. The smallest absolute Gasteiger partial charge is 0.271 e. The van der Waals surface area contributed by atoms with Crippen LogP contribution in [-0.4, -0.2) is 18.7 Å². The molecule has 0 aromatic heterocycles. The van der Waals surface area contributed by atoms with Crippen molar-refractivity contribution in [3.8, 4) is 11.5 Å². The van der Waals surface area contributed by atoms with Gasteiger partial charge in [0.25, 0.3) is 5.91 Å². The molecule has 3 aromatic carbocycles. The fourth-order valence-corrected chi connectivity index (χ4v) is 3.33. The van der Waals surface area contributed by atoms with Crippen LogP contribution in [0.2, 0.25) is 5.02 Å². The Balaban J connectivity index is 1.71. The molecule has 3 rings (SSSR count). The molecule has 0 atom stereocenters. The molecular weight excluding hydrogens is 487 g/mol. The van der Waals surface area contributed by atoms with E-state index >= 15 is 0 Å². The van der Waals surface area contributed by atoms with E-state index < -0.39 is 0 Å². The number of halogens is 3. The summed E-state index contributed by atoms with van der Waals surface area (Å²) in [6.45, 7) is 2.56. The van der Waals surface area contributed by atoms with Gasteiger partial charge in [-0.3, -0.25) is 4.79 Å². The van der Waals surface area contributed by atoms with Crippen molar-refractivity contribution in [1.82, 2.24) is 5.43 Å². The van der Waals surface area contributed by atoms with Gasteiger partial charge in [0.15, 0.2) is 11.5 Å². The highest BCUT2D eigenvalue weighted by Crippen LogP contribution is 2.37. The quantitative estimate of drug-likeness (QED) is 0.302. The maximum absolute atomic E-state index is 13.1. The van der Waals surface area contributed by atoms with Crippen molar-refractivity contribution in [2.75, 3.05) is 6.61 Å². The van der Waals surface area contributed by atoms with Crippen LogP contribution in [0.3, 0.4) is 0 Å². The molecule has 0 radical (unpaired) electrons. The van der Waals surface area contributed by atoms with Gasteiger partial charge in [-0.05, 0) is 82.5 Å². The van der Waals surface area contributed by atoms with E-state index in [2.05, 4.69) is 26.5 Å². The second kappa shape index (κ2) is 10.9. The molecule has 31 heavy (non-hydrogen) atoms. The lowest BCUT2D eigenvalue weighted by Gasteiger charge is -2.14. The summed E-state index contributed by atoms with van der Waals surface area (Å²) in [7, 11) is 0. The Bertz CT molecular complexity index is 1070. The fraction of sp³-hybridized carbons (Fsp3) is 0.130. The zero-order chi connectivity index (χ0) is 22.2. The monoisotopic (exact) mass is 504 g/mol. The van der Waals surface area contributed by atoms with Crippen molar-refractivity contribution in [3.05, 3.63) is 92.7 Å². The third-order valence-corrected chi connectivity index (χ3v) is 4.96. The van der Waals surface area contributed by atoms with Gasteiger partial charge in [-0.15, -0.1) is 0 Å². The van der Waals surface area contributed by atoms with E-state index in [1.165, 1.54) is 18.3 Å². The average molecular weight is 506 g/mol. The zero-order valence-electron chi connectivity index (χ0n) is 16.6. The first kappa shape index (κ1) is 22.8. The lowest BCUT2D eigenvalue weighted by Crippen LogP contribution is -2.17. The second-order valence-corrected chi connectivity index (χ2v) is 7.67. The van der Waals surface area contributed by atoms with Crippen molar-refractivity contribution < 1.29 is 18.7 Å². The van der Waals surface area contributed by atoms with Crippen molar-refractivity contribution in [3.63, 3.8) is 0 Å². The number of hydrogen-bond donors (Lipinski definition) is 1. The molecule has 0 spiro atoms. The topological polar surface area (TPSA) is 59.9 Å². The minimum atomic E-state index is -0.351. The van der Waals surface area contributed by atoms with Crippen molar-refractivity contribution >= 4 is 39.7 Å². The molecule has 0 heterocycles.